The van der Waals surface area contributed by atoms with E-state index >= 15 is 0 Å². The molecule has 1 rings (SSSR count). The number of rotatable bonds is 8. The van der Waals surface area contributed by atoms with Crippen LogP contribution < -0.4 is 11.1 Å². The number of aryl methyl sites for hydroxylation is 1. The Morgan fingerprint density at radius 3 is 2.93 bits per heavy atom. The summed E-state index contributed by atoms with van der Waals surface area (Å²) in [5, 5.41) is 3.17. The second-order valence-electron chi connectivity index (χ2n) is 3.47. The minimum atomic E-state index is -0.249. The predicted molar refractivity (Wildman–Crippen MR) is 58.1 cm³/mol. The maximum Gasteiger partial charge on any atom is 0.218 e. The quantitative estimate of drug-likeness (QED) is 0.599. The van der Waals surface area contributed by atoms with Crippen LogP contribution in [0.3, 0.4) is 0 Å². The third kappa shape index (κ3) is 5.85. The summed E-state index contributed by atoms with van der Waals surface area (Å²) >= 11 is 0. The fraction of sp³-hybridized carbons (Fsp3) is 0.600. The molecular formula is C10H18N4O. The zero-order valence-electron chi connectivity index (χ0n) is 8.85. The number of hydrogen-bond donors (Lipinski definition) is 2. The van der Waals surface area contributed by atoms with Crippen molar-refractivity contribution in [3.05, 3.63) is 18.7 Å². The van der Waals surface area contributed by atoms with Crippen molar-refractivity contribution in [2.24, 2.45) is 5.73 Å². The van der Waals surface area contributed by atoms with Crippen molar-refractivity contribution in [1.29, 1.82) is 0 Å². The monoisotopic (exact) mass is 210 g/mol. The zero-order valence-corrected chi connectivity index (χ0v) is 8.85. The van der Waals surface area contributed by atoms with Crippen molar-refractivity contribution in [1.82, 2.24) is 14.9 Å². The summed E-state index contributed by atoms with van der Waals surface area (Å²) in [5.41, 5.74) is 5.01. The van der Waals surface area contributed by atoms with Crippen LogP contribution in [0.5, 0.6) is 0 Å². The number of hydrogen-bond acceptors (Lipinski definition) is 3. The van der Waals surface area contributed by atoms with E-state index in [-0.39, 0.29) is 5.91 Å². The smallest absolute Gasteiger partial charge is 0.218 e. The van der Waals surface area contributed by atoms with Crippen LogP contribution in [0.1, 0.15) is 19.3 Å². The van der Waals surface area contributed by atoms with Gasteiger partial charge in [-0.1, -0.05) is 0 Å². The lowest BCUT2D eigenvalue weighted by Gasteiger charge is -2.03. The Morgan fingerprint density at radius 1 is 1.40 bits per heavy atom. The molecule has 0 aromatic carbocycles. The van der Waals surface area contributed by atoms with Gasteiger partial charge in [0.1, 0.15) is 0 Å². The maximum atomic E-state index is 10.4. The van der Waals surface area contributed by atoms with Crippen LogP contribution in [0.2, 0.25) is 0 Å². The van der Waals surface area contributed by atoms with Crippen LogP contribution in [0.25, 0.3) is 0 Å². The van der Waals surface area contributed by atoms with Gasteiger partial charge in [-0.2, -0.15) is 0 Å². The molecule has 0 radical (unpaired) electrons. The van der Waals surface area contributed by atoms with E-state index in [1.807, 2.05) is 12.5 Å². The second-order valence-corrected chi connectivity index (χ2v) is 3.47. The second kappa shape index (κ2) is 7.00. The molecule has 0 saturated heterocycles. The number of carbonyl (C=O) groups is 1. The average Bonchev–Trinajstić information content (AvgIpc) is 2.68. The molecule has 0 aliphatic heterocycles. The van der Waals surface area contributed by atoms with Gasteiger partial charge < -0.3 is 15.6 Å². The fourth-order valence-corrected chi connectivity index (χ4v) is 1.30. The summed E-state index contributed by atoms with van der Waals surface area (Å²) in [4.78, 5) is 14.4. The molecular weight excluding hydrogens is 192 g/mol. The molecule has 3 N–H and O–H groups in total. The Kier molecular flexibility index (Phi) is 5.47. The van der Waals surface area contributed by atoms with Crippen molar-refractivity contribution in [3.8, 4) is 0 Å². The number of imidazole rings is 1. The number of unbranched alkanes of at least 4 members (excludes halogenated alkanes) is 1. The summed E-state index contributed by atoms with van der Waals surface area (Å²) in [6.07, 6.45) is 8.19. The van der Waals surface area contributed by atoms with Crippen LogP contribution in [0, 0.1) is 0 Å². The van der Waals surface area contributed by atoms with Gasteiger partial charge in [-0.25, -0.2) is 4.98 Å². The largest absolute Gasteiger partial charge is 0.370 e. The van der Waals surface area contributed by atoms with E-state index in [1.165, 1.54) is 0 Å². The first kappa shape index (κ1) is 11.7. The fourth-order valence-electron chi connectivity index (χ4n) is 1.30. The Morgan fingerprint density at radius 2 is 2.27 bits per heavy atom. The maximum absolute atomic E-state index is 10.4. The first-order chi connectivity index (χ1) is 7.29. The molecule has 0 aliphatic rings. The summed E-state index contributed by atoms with van der Waals surface area (Å²) in [6.45, 7) is 2.61. The molecule has 0 spiro atoms. The van der Waals surface area contributed by atoms with Crippen LogP contribution in [-0.4, -0.2) is 28.5 Å². The summed E-state index contributed by atoms with van der Waals surface area (Å²) in [5.74, 6) is -0.249. The molecule has 0 saturated carbocycles. The van der Waals surface area contributed by atoms with Gasteiger partial charge in [-0.05, 0) is 19.4 Å². The lowest BCUT2D eigenvalue weighted by molar-refractivity contribution is -0.117. The van der Waals surface area contributed by atoms with Gasteiger partial charge in [-0.3, -0.25) is 4.79 Å². The van der Waals surface area contributed by atoms with Crippen molar-refractivity contribution in [2.75, 3.05) is 13.1 Å². The van der Waals surface area contributed by atoms with E-state index < -0.39 is 0 Å². The van der Waals surface area contributed by atoms with Crippen molar-refractivity contribution in [2.45, 2.75) is 25.8 Å². The lowest BCUT2D eigenvalue weighted by Crippen LogP contribution is -2.22. The molecule has 1 aromatic heterocycles. The molecule has 5 nitrogen and oxygen atoms in total. The molecule has 1 amide bonds. The molecule has 0 aliphatic carbocycles. The van der Waals surface area contributed by atoms with Gasteiger partial charge in [0.15, 0.2) is 0 Å². The van der Waals surface area contributed by atoms with Crippen LogP contribution in [-0.2, 0) is 11.3 Å². The van der Waals surface area contributed by atoms with Crippen LogP contribution in [0.4, 0.5) is 0 Å². The van der Waals surface area contributed by atoms with Crippen LogP contribution >= 0.6 is 0 Å². The van der Waals surface area contributed by atoms with Gasteiger partial charge in [0.2, 0.25) is 5.91 Å². The zero-order chi connectivity index (χ0) is 10.9. The summed E-state index contributed by atoms with van der Waals surface area (Å²) in [6, 6.07) is 0. The highest BCUT2D eigenvalue weighted by molar-refractivity contribution is 5.73. The van der Waals surface area contributed by atoms with E-state index in [0.717, 1.165) is 25.9 Å². The number of primary amides is 1. The van der Waals surface area contributed by atoms with E-state index in [9.17, 15) is 4.79 Å². The standard InChI is InChI=1S/C10H18N4O/c11-10(15)3-5-12-4-1-2-7-14-8-6-13-9-14/h6,8-9,12H,1-5,7H2,(H2,11,15). The molecule has 1 aromatic rings. The third-order valence-corrected chi connectivity index (χ3v) is 2.13. The molecule has 0 bridgehead atoms. The van der Waals surface area contributed by atoms with Crippen molar-refractivity contribution >= 4 is 5.91 Å². The normalized spacial score (nSPS) is 10.4. The molecule has 1 heterocycles. The minimum absolute atomic E-state index is 0.249. The average molecular weight is 210 g/mol. The van der Waals surface area contributed by atoms with Crippen molar-refractivity contribution in [3.63, 3.8) is 0 Å². The Hall–Kier alpha value is -1.36. The molecule has 0 unspecified atom stereocenters. The Balaban J connectivity index is 1.87. The highest BCUT2D eigenvalue weighted by Crippen LogP contribution is 1.93. The molecule has 84 valence electrons. The Bertz CT molecular complexity index is 271. The number of amides is 1. The Labute approximate surface area is 89.7 Å². The van der Waals surface area contributed by atoms with Gasteiger partial charge in [0, 0.05) is 31.9 Å². The molecule has 15 heavy (non-hydrogen) atoms. The van der Waals surface area contributed by atoms with E-state index in [1.54, 1.807) is 6.20 Å². The predicted octanol–water partition coefficient (Wildman–Crippen LogP) is 0.128. The highest BCUT2D eigenvalue weighted by Gasteiger charge is 1.94. The van der Waals surface area contributed by atoms with Gasteiger partial charge in [-0.15, -0.1) is 0 Å². The van der Waals surface area contributed by atoms with Gasteiger partial charge in [0.05, 0.1) is 6.33 Å². The van der Waals surface area contributed by atoms with Crippen molar-refractivity contribution < 1.29 is 4.79 Å². The number of nitrogens with zero attached hydrogens (tertiary/aromatic N) is 2. The number of carbonyl (C=O) groups excluding carboxylic acids is 1. The summed E-state index contributed by atoms with van der Waals surface area (Å²) in [7, 11) is 0. The SMILES string of the molecule is NC(=O)CCNCCCCn1ccnc1. The van der Waals surface area contributed by atoms with E-state index in [0.29, 0.717) is 13.0 Å². The lowest BCUT2D eigenvalue weighted by atomic mass is 10.3. The van der Waals surface area contributed by atoms with Crippen LogP contribution in [0.15, 0.2) is 18.7 Å². The first-order valence-electron chi connectivity index (χ1n) is 5.24. The highest BCUT2D eigenvalue weighted by atomic mass is 16.1. The number of nitrogens with one attached hydrogen (secondary N) is 1. The number of aromatic nitrogens is 2. The van der Waals surface area contributed by atoms with Gasteiger partial charge >= 0.3 is 0 Å². The minimum Gasteiger partial charge on any atom is -0.370 e. The first-order valence-corrected chi connectivity index (χ1v) is 5.24. The summed E-state index contributed by atoms with van der Waals surface area (Å²) < 4.78 is 2.06. The van der Waals surface area contributed by atoms with E-state index in [2.05, 4.69) is 14.9 Å². The molecule has 0 atom stereocenters. The topological polar surface area (TPSA) is 72.9 Å². The number of nitrogens with two attached hydrogens (primary N) is 1. The van der Waals surface area contributed by atoms with Gasteiger partial charge in [0.25, 0.3) is 0 Å². The molecule has 0 fully saturated rings. The molecule has 5 heteroatoms. The van der Waals surface area contributed by atoms with E-state index in [4.69, 9.17) is 5.73 Å². The third-order valence-electron chi connectivity index (χ3n) is 2.13.